The van der Waals surface area contributed by atoms with E-state index in [9.17, 15) is 4.79 Å². The fourth-order valence-electron chi connectivity index (χ4n) is 2.63. The lowest BCUT2D eigenvalue weighted by molar-refractivity contribution is 0.0930. The Labute approximate surface area is 101 Å². The number of benzene rings is 1. The average molecular weight is 231 g/mol. The van der Waals surface area contributed by atoms with Crippen LogP contribution in [-0.4, -0.2) is 25.5 Å². The summed E-state index contributed by atoms with van der Waals surface area (Å²) in [4.78, 5) is 12.3. The maximum atomic E-state index is 12.3. The van der Waals surface area contributed by atoms with Gasteiger partial charge in [-0.2, -0.15) is 0 Å². The number of carbonyl (C=O) groups is 1. The van der Waals surface area contributed by atoms with Crippen molar-refractivity contribution in [3.05, 3.63) is 29.3 Å². The van der Waals surface area contributed by atoms with Crippen molar-refractivity contribution in [2.45, 2.75) is 19.3 Å². The molecule has 0 radical (unpaired) electrons. The van der Waals surface area contributed by atoms with Crippen molar-refractivity contribution in [1.29, 1.82) is 0 Å². The molecule has 0 saturated carbocycles. The molecule has 0 aromatic heterocycles. The second-order valence-corrected chi connectivity index (χ2v) is 4.83. The Kier molecular flexibility index (Phi) is 2.85. The van der Waals surface area contributed by atoms with E-state index in [1.165, 1.54) is 5.56 Å². The molecule has 1 fully saturated rings. The maximum absolute atomic E-state index is 12.3. The SMILES string of the molecule is O=C(c1ccc2c(c1)CCCO2)C1CCNC1. The van der Waals surface area contributed by atoms with Crippen molar-refractivity contribution >= 4 is 5.78 Å². The number of carbonyl (C=O) groups excluding carboxylic acids is 1. The van der Waals surface area contributed by atoms with E-state index in [2.05, 4.69) is 5.32 Å². The number of nitrogens with one attached hydrogen (secondary N) is 1. The zero-order valence-electron chi connectivity index (χ0n) is 9.87. The molecule has 3 rings (SSSR count). The van der Waals surface area contributed by atoms with Gasteiger partial charge in [0.2, 0.25) is 0 Å². The summed E-state index contributed by atoms with van der Waals surface area (Å²) in [6.07, 6.45) is 3.04. The highest BCUT2D eigenvalue weighted by Crippen LogP contribution is 2.27. The van der Waals surface area contributed by atoms with Crippen LogP contribution in [0.15, 0.2) is 18.2 Å². The molecule has 1 unspecified atom stereocenters. The molecule has 0 bridgehead atoms. The monoisotopic (exact) mass is 231 g/mol. The number of rotatable bonds is 2. The third kappa shape index (κ3) is 2.07. The molecule has 3 heteroatoms. The van der Waals surface area contributed by atoms with Crippen LogP contribution in [0, 0.1) is 5.92 Å². The molecule has 1 aromatic rings. The van der Waals surface area contributed by atoms with E-state index in [4.69, 9.17) is 4.74 Å². The Hall–Kier alpha value is -1.35. The molecule has 2 heterocycles. The molecule has 17 heavy (non-hydrogen) atoms. The van der Waals surface area contributed by atoms with E-state index >= 15 is 0 Å². The first-order chi connectivity index (χ1) is 8.34. The van der Waals surface area contributed by atoms with Gasteiger partial charge in [0, 0.05) is 18.0 Å². The molecule has 0 amide bonds. The molecule has 2 aliphatic heterocycles. The van der Waals surface area contributed by atoms with Gasteiger partial charge in [0.25, 0.3) is 0 Å². The van der Waals surface area contributed by atoms with Crippen LogP contribution in [0.2, 0.25) is 0 Å². The fraction of sp³-hybridized carbons (Fsp3) is 0.500. The average Bonchev–Trinajstić information content (AvgIpc) is 2.91. The summed E-state index contributed by atoms with van der Waals surface area (Å²) in [5.74, 6) is 1.40. The Morgan fingerprint density at radius 3 is 3.18 bits per heavy atom. The number of Topliss-reactive ketones (excluding diaryl/α,β-unsaturated/α-hetero) is 1. The molecular formula is C14H17NO2. The zero-order chi connectivity index (χ0) is 11.7. The van der Waals surface area contributed by atoms with Crippen LogP contribution in [0.25, 0.3) is 0 Å². The number of aryl methyl sites for hydroxylation is 1. The van der Waals surface area contributed by atoms with Gasteiger partial charge < -0.3 is 10.1 Å². The van der Waals surface area contributed by atoms with Crippen molar-refractivity contribution in [2.24, 2.45) is 5.92 Å². The number of hydrogen-bond donors (Lipinski definition) is 1. The van der Waals surface area contributed by atoms with Gasteiger partial charge in [0.1, 0.15) is 5.75 Å². The molecule has 0 aliphatic carbocycles. The molecule has 1 saturated heterocycles. The lowest BCUT2D eigenvalue weighted by atomic mass is 9.94. The molecular weight excluding hydrogens is 214 g/mol. The predicted molar refractivity (Wildman–Crippen MR) is 65.6 cm³/mol. The highest BCUT2D eigenvalue weighted by atomic mass is 16.5. The highest BCUT2D eigenvalue weighted by Gasteiger charge is 2.24. The minimum absolute atomic E-state index is 0.164. The van der Waals surface area contributed by atoms with Crippen LogP contribution in [0.3, 0.4) is 0 Å². The smallest absolute Gasteiger partial charge is 0.167 e. The second-order valence-electron chi connectivity index (χ2n) is 4.83. The summed E-state index contributed by atoms with van der Waals surface area (Å²) in [6, 6.07) is 5.88. The van der Waals surface area contributed by atoms with Crippen LogP contribution in [0.5, 0.6) is 5.75 Å². The van der Waals surface area contributed by atoms with Gasteiger partial charge in [0.15, 0.2) is 5.78 Å². The van der Waals surface area contributed by atoms with Crippen molar-refractivity contribution in [1.82, 2.24) is 5.32 Å². The normalized spacial score (nSPS) is 22.9. The summed E-state index contributed by atoms with van der Waals surface area (Å²) < 4.78 is 5.56. The van der Waals surface area contributed by atoms with Gasteiger partial charge >= 0.3 is 0 Å². The Balaban J connectivity index is 1.85. The highest BCUT2D eigenvalue weighted by molar-refractivity contribution is 5.98. The first-order valence-corrected chi connectivity index (χ1v) is 6.35. The quantitative estimate of drug-likeness (QED) is 0.789. The lowest BCUT2D eigenvalue weighted by Gasteiger charge is -2.18. The van der Waals surface area contributed by atoms with Crippen LogP contribution < -0.4 is 10.1 Å². The first-order valence-electron chi connectivity index (χ1n) is 6.35. The zero-order valence-corrected chi connectivity index (χ0v) is 9.87. The molecule has 3 nitrogen and oxygen atoms in total. The Bertz CT molecular complexity index is 436. The molecule has 2 aliphatic rings. The predicted octanol–water partition coefficient (Wildman–Crippen LogP) is 1.80. The number of ether oxygens (including phenoxy) is 1. The number of hydrogen-bond acceptors (Lipinski definition) is 3. The number of fused-ring (bicyclic) bond motifs is 1. The number of ketones is 1. The summed E-state index contributed by atoms with van der Waals surface area (Å²) in [5, 5.41) is 3.24. The summed E-state index contributed by atoms with van der Waals surface area (Å²) in [7, 11) is 0. The van der Waals surface area contributed by atoms with Crippen molar-refractivity contribution in [2.75, 3.05) is 19.7 Å². The third-order valence-corrected chi connectivity index (χ3v) is 3.62. The van der Waals surface area contributed by atoms with Crippen LogP contribution >= 0.6 is 0 Å². The Morgan fingerprint density at radius 2 is 2.35 bits per heavy atom. The van der Waals surface area contributed by atoms with Gasteiger partial charge in [-0.25, -0.2) is 0 Å². The third-order valence-electron chi connectivity index (χ3n) is 3.62. The van der Waals surface area contributed by atoms with E-state index < -0.39 is 0 Å². The van der Waals surface area contributed by atoms with Crippen molar-refractivity contribution < 1.29 is 9.53 Å². The maximum Gasteiger partial charge on any atom is 0.167 e. The van der Waals surface area contributed by atoms with Gasteiger partial charge in [-0.3, -0.25) is 4.79 Å². The minimum Gasteiger partial charge on any atom is -0.493 e. The van der Waals surface area contributed by atoms with E-state index in [1.54, 1.807) is 0 Å². The summed E-state index contributed by atoms with van der Waals surface area (Å²) >= 11 is 0. The van der Waals surface area contributed by atoms with Crippen LogP contribution in [0.1, 0.15) is 28.8 Å². The standard InChI is InChI=1S/C14H17NO2/c16-14(12-5-6-15-9-12)11-3-4-13-10(8-11)2-1-7-17-13/h3-4,8,12,15H,1-2,5-7,9H2. The molecule has 0 spiro atoms. The van der Waals surface area contributed by atoms with Crippen LogP contribution in [-0.2, 0) is 6.42 Å². The van der Waals surface area contributed by atoms with E-state index in [-0.39, 0.29) is 11.7 Å². The van der Waals surface area contributed by atoms with Gasteiger partial charge in [-0.1, -0.05) is 0 Å². The van der Waals surface area contributed by atoms with Gasteiger partial charge in [-0.05, 0) is 49.6 Å². The van der Waals surface area contributed by atoms with E-state index in [1.807, 2.05) is 18.2 Å². The van der Waals surface area contributed by atoms with E-state index in [0.717, 1.165) is 50.3 Å². The topological polar surface area (TPSA) is 38.3 Å². The Morgan fingerprint density at radius 1 is 1.41 bits per heavy atom. The van der Waals surface area contributed by atoms with Crippen LogP contribution in [0.4, 0.5) is 0 Å². The molecule has 90 valence electrons. The lowest BCUT2D eigenvalue weighted by Crippen LogP contribution is -2.18. The van der Waals surface area contributed by atoms with Crippen molar-refractivity contribution in [3.8, 4) is 5.75 Å². The first kappa shape index (κ1) is 10.8. The van der Waals surface area contributed by atoms with Gasteiger partial charge in [0.05, 0.1) is 6.61 Å². The van der Waals surface area contributed by atoms with E-state index in [0.29, 0.717) is 0 Å². The molecule has 1 N–H and O–H groups in total. The largest absolute Gasteiger partial charge is 0.493 e. The van der Waals surface area contributed by atoms with Crippen molar-refractivity contribution in [3.63, 3.8) is 0 Å². The summed E-state index contributed by atoms with van der Waals surface area (Å²) in [6.45, 7) is 2.59. The minimum atomic E-state index is 0.164. The second kappa shape index (κ2) is 4.49. The fourth-order valence-corrected chi connectivity index (χ4v) is 2.63. The van der Waals surface area contributed by atoms with Gasteiger partial charge in [-0.15, -0.1) is 0 Å². The molecule has 1 atom stereocenters. The summed E-state index contributed by atoms with van der Waals surface area (Å²) in [5.41, 5.74) is 2.04. The molecule has 1 aromatic carbocycles.